The van der Waals surface area contributed by atoms with Gasteiger partial charge in [0.2, 0.25) is 0 Å². The van der Waals surface area contributed by atoms with Gasteiger partial charge in [-0.1, -0.05) is 97.9 Å². The zero-order valence-electron chi connectivity index (χ0n) is 12.1. The molecule has 0 unspecified atom stereocenters. The van der Waals surface area contributed by atoms with E-state index in [1.807, 2.05) is 0 Å². The Kier molecular flexibility index (Phi) is 4.02. The Morgan fingerprint density at radius 3 is 1.05 bits per heavy atom. The molecule has 0 heterocycles. The minimum Gasteiger partial charge on any atom is -0.0624 e. The highest BCUT2D eigenvalue weighted by atomic mass is 28.3. The standard InChI is InChI=1S/C20H19Si/c1-2-21(18-12-6-3-7-13-18,19-14-8-4-9-15-19)20-16-10-5-11-17-20/h3-17H,1-2H2. The molecule has 0 amide bonds. The lowest BCUT2D eigenvalue weighted by Gasteiger charge is -2.32. The molecular weight excluding hydrogens is 268 g/mol. The Bertz CT molecular complexity index is 578. The fraction of sp³-hybridized carbons (Fsp3) is 0.0500. The lowest BCUT2D eigenvalue weighted by atomic mass is 10.3. The molecule has 0 N–H and O–H groups in total. The first-order valence-electron chi connectivity index (χ1n) is 7.34. The lowest BCUT2D eigenvalue weighted by Crippen LogP contribution is -2.66. The largest absolute Gasteiger partial charge is 0.148 e. The van der Waals surface area contributed by atoms with Crippen molar-refractivity contribution < 1.29 is 0 Å². The first kappa shape index (κ1) is 13.8. The van der Waals surface area contributed by atoms with E-state index in [2.05, 4.69) is 97.9 Å². The van der Waals surface area contributed by atoms with Crippen LogP contribution in [-0.4, -0.2) is 8.07 Å². The summed E-state index contributed by atoms with van der Waals surface area (Å²) in [6, 6.07) is 33.6. The first-order chi connectivity index (χ1) is 10.4. The summed E-state index contributed by atoms with van der Waals surface area (Å²) in [5, 5.41) is 4.28. The summed E-state index contributed by atoms with van der Waals surface area (Å²) in [5.74, 6) is 0. The van der Waals surface area contributed by atoms with Crippen molar-refractivity contribution >= 4 is 23.6 Å². The average Bonchev–Trinajstić information content (AvgIpc) is 2.59. The number of benzene rings is 3. The van der Waals surface area contributed by atoms with Crippen molar-refractivity contribution in [2.75, 3.05) is 0 Å². The lowest BCUT2D eigenvalue weighted by molar-refractivity contribution is 1.57. The van der Waals surface area contributed by atoms with Crippen LogP contribution in [0.5, 0.6) is 0 Å². The van der Waals surface area contributed by atoms with E-state index in [0.717, 1.165) is 6.04 Å². The van der Waals surface area contributed by atoms with Crippen LogP contribution >= 0.6 is 0 Å². The molecule has 0 aliphatic carbocycles. The molecule has 0 atom stereocenters. The second kappa shape index (κ2) is 6.11. The molecule has 0 spiro atoms. The SMILES string of the molecule is [CH2]C[Si](c1ccccc1)(c1ccccc1)c1ccccc1. The monoisotopic (exact) mass is 287 g/mol. The van der Waals surface area contributed by atoms with Gasteiger partial charge in [-0.05, 0) is 21.6 Å². The predicted molar refractivity (Wildman–Crippen MR) is 94.1 cm³/mol. The highest BCUT2D eigenvalue weighted by Gasteiger charge is 2.36. The summed E-state index contributed by atoms with van der Waals surface area (Å²) in [4.78, 5) is 0. The van der Waals surface area contributed by atoms with Crippen LogP contribution in [0.15, 0.2) is 91.0 Å². The van der Waals surface area contributed by atoms with Gasteiger partial charge in [-0.15, -0.1) is 0 Å². The minimum atomic E-state index is -2.01. The second-order valence-electron chi connectivity index (χ2n) is 5.25. The Labute approximate surface area is 128 Å². The van der Waals surface area contributed by atoms with Gasteiger partial charge >= 0.3 is 0 Å². The van der Waals surface area contributed by atoms with Crippen LogP contribution in [0, 0.1) is 6.92 Å². The first-order valence-corrected chi connectivity index (χ1v) is 9.54. The Morgan fingerprint density at radius 2 is 0.810 bits per heavy atom. The molecule has 0 saturated carbocycles. The molecule has 0 fully saturated rings. The van der Waals surface area contributed by atoms with Crippen molar-refractivity contribution in [2.24, 2.45) is 0 Å². The van der Waals surface area contributed by atoms with Crippen molar-refractivity contribution in [3.05, 3.63) is 97.9 Å². The molecule has 0 aliphatic heterocycles. The molecule has 1 radical (unpaired) electrons. The number of hydrogen-bond donors (Lipinski definition) is 0. The highest BCUT2D eigenvalue weighted by molar-refractivity contribution is 7.11. The van der Waals surface area contributed by atoms with Gasteiger partial charge in [0.15, 0.2) is 0 Å². The maximum atomic E-state index is 4.35. The summed E-state index contributed by atoms with van der Waals surface area (Å²) in [7, 11) is -2.01. The van der Waals surface area contributed by atoms with Crippen LogP contribution in [0.25, 0.3) is 0 Å². The van der Waals surface area contributed by atoms with Crippen LogP contribution in [-0.2, 0) is 0 Å². The quantitative estimate of drug-likeness (QED) is 0.511. The molecule has 1 heteroatoms. The maximum absolute atomic E-state index is 4.35. The van der Waals surface area contributed by atoms with Crippen LogP contribution in [0.1, 0.15) is 0 Å². The smallest absolute Gasteiger partial charge is 0.0624 e. The van der Waals surface area contributed by atoms with Gasteiger partial charge < -0.3 is 0 Å². The van der Waals surface area contributed by atoms with Crippen molar-refractivity contribution in [1.29, 1.82) is 0 Å². The Balaban J connectivity index is 2.29. The van der Waals surface area contributed by atoms with Gasteiger partial charge in [0.25, 0.3) is 0 Å². The molecule has 0 bridgehead atoms. The Morgan fingerprint density at radius 1 is 0.524 bits per heavy atom. The predicted octanol–water partition coefficient (Wildman–Crippen LogP) is 2.99. The molecule has 0 saturated heterocycles. The number of rotatable bonds is 4. The molecule has 3 aromatic rings. The third-order valence-corrected chi connectivity index (χ3v) is 8.88. The summed E-state index contributed by atoms with van der Waals surface area (Å²) < 4.78 is 0. The third kappa shape index (κ3) is 2.45. The molecule has 3 aromatic carbocycles. The topological polar surface area (TPSA) is 0 Å². The van der Waals surface area contributed by atoms with Gasteiger partial charge in [-0.25, -0.2) is 0 Å². The van der Waals surface area contributed by atoms with Gasteiger partial charge in [-0.2, -0.15) is 0 Å². The summed E-state index contributed by atoms with van der Waals surface area (Å²) in [6.45, 7) is 4.35. The highest BCUT2D eigenvalue weighted by Crippen LogP contribution is 2.11. The van der Waals surface area contributed by atoms with Crippen molar-refractivity contribution in [3.8, 4) is 0 Å². The van der Waals surface area contributed by atoms with E-state index >= 15 is 0 Å². The molecule has 0 nitrogen and oxygen atoms in total. The zero-order valence-corrected chi connectivity index (χ0v) is 13.1. The second-order valence-corrected chi connectivity index (χ2v) is 9.30. The molecule has 0 aromatic heterocycles. The van der Waals surface area contributed by atoms with Crippen LogP contribution in [0.2, 0.25) is 6.04 Å². The number of hydrogen-bond acceptors (Lipinski definition) is 0. The van der Waals surface area contributed by atoms with E-state index in [-0.39, 0.29) is 0 Å². The van der Waals surface area contributed by atoms with Crippen molar-refractivity contribution in [3.63, 3.8) is 0 Å². The molecular formula is C20H19Si. The summed E-state index contributed by atoms with van der Waals surface area (Å²) in [5.41, 5.74) is 0. The van der Waals surface area contributed by atoms with Crippen molar-refractivity contribution in [2.45, 2.75) is 6.04 Å². The minimum absolute atomic E-state index is 0.922. The van der Waals surface area contributed by atoms with Gasteiger partial charge in [0.1, 0.15) is 8.07 Å². The van der Waals surface area contributed by atoms with E-state index in [1.165, 1.54) is 15.6 Å². The maximum Gasteiger partial charge on any atom is 0.148 e. The summed E-state index contributed by atoms with van der Waals surface area (Å²) >= 11 is 0. The Hall–Kier alpha value is -2.12. The van der Waals surface area contributed by atoms with E-state index in [9.17, 15) is 0 Å². The molecule has 103 valence electrons. The van der Waals surface area contributed by atoms with E-state index < -0.39 is 8.07 Å². The van der Waals surface area contributed by atoms with E-state index in [1.54, 1.807) is 0 Å². The van der Waals surface area contributed by atoms with Crippen LogP contribution in [0.3, 0.4) is 0 Å². The fourth-order valence-corrected chi connectivity index (χ4v) is 7.25. The fourth-order valence-electron chi connectivity index (χ4n) is 3.10. The van der Waals surface area contributed by atoms with Crippen LogP contribution < -0.4 is 15.6 Å². The van der Waals surface area contributed by atoms with E-state index in [0.29, 0.717) is 0 Å². The van der Waals surface area contributed by atoms with E-state index in [4.69, 9.17) is 0 Å². The third-order valence-electron chi connectivity index (χ3n) is 4.17. The molecule has 3 rings (SSSR count). The van der Waals surface area contributed by atoms with Crippen LogP contribution in [0.4, 0.5) is 0 Å². The zero-order chi connectivity index (χ0) is 14.5. The normalized spacial score (nSPS) is 11.3. The van der Waals surface area contributed by atoms with Gasteiger partial charge in [-0.3, -0.25) is 0 Å². The van der Waals surface area contributed by atoms with Gasteiger partial charge in [0.05, 0.1) is 0 Å². The molecule has 0 aliphatic rings. The van der Waals surface area contributed by atoms with Gasteiger partial charge in [0, 0.05) is 0 Å². The average molecular weight is 287 g/mol. The molecule has 21 heavy (non-hydrogen) atoms. The van der Waals surface area contributed by atoms with Crippen molar-refractivity contribution in [1.82, 2.24) is 0 Å². The summed E-state index contributed by atoms with van der Waals surface area (Å²) in [6.07, 6.45) is 0.